The highest BCUT2D eigenvalue weighted by molar-refractivity contribution is 7.13. The smallest absolute Gasteiger partial charge is 0.189 e. The molecular weight excluding hydrogens is 412 g/mol. The van der Waals surface area contributed by atoms with Gasteiger partial charge in [0.05, 0.1) is 28.4 Å². The van der Waals surface area contributed by atoms with Gasteiger partial charge in [-0.3, -0.25) is 4.79 Å². The number of ketones is 1. The fourth-order valence-electron chi connectivity index (χ4n) is 3.92. The fourth-order valence-corrected chi connectivity index (χ4v) is 4.66. The molecule has 5 nitrogen and oxygen atoms in total. The van der Waals surface area contributed by atoms with Gasteiger partial charge in [0.2, 0.25) is 0 Å². The summed E-state index contributed by atoms with van der Waals surface area (Å²) in [5.74, 6) is 2.53. The molecule has 0 saturated carbocycles. The maximum atomic E-state index is 13.3. The Morgan fingerprint density at radius 1 is 0.839 bits per heavy atom. The van der Waals surface area contributed by atoms with E-state index in [1.807, 2.05) is 41.8 Å². The lowest BCUT2D eigenvalue weighted by atomic mass is 9.85. The van der Waals surface area contributed by atoms with Crippen molar-refractivity contribution in [3.05, 3.63) is 64.0 Å². The van der Waals surface area contributed by atoms with Crippen molar-refractivity contribution in [1.29, 1.82) is 0 Å². The normalized spacial score (nSPS) is 14.3. The van der Waals surface area contributed by atoms with Crippen molar-refractivity contribution in [2.75, 3.05) is 28.4 Å². The van der Waals surface area contributed by atoms with Gasteiger partial charge in [-0.15, -0.1) is 11.3 Å². The van der Waals surface area contributed by atoms with Crippen LogP contribution in [0.2, 0.25) is 0 Å². The Hall–Kier alpha value is -3.25. The predicted octanol–water partition coefficient (Wildman–Crippen LogP) is 5.66. The van der Waals surface area contributed by atoms with E-state index in [1.54, 1.807) is 45.8 Å². The third-order valence-corrected chi connectivity index (χ3v) is 6.34. The number of allylic oxidation sites excluding steroid dienone is 1. The van der Waals surface area contributed by atoms with Crippen molar-refractivity contribution in [3.63, 3.8) is 0 Å². The molecule has 4 rings (SSSR count). The first-order valence-corrected chi connectivity index (χ1v) is 10.8. The summed E-state index contributed by atoms with van der Waals surface area (Å²) in [4.78, 5) is 14.3. The van der Waals surface area contributed by atoms with E-state index in [2.05, 4.69) is 0 Å². The number of carbonyl (C=O) groups is 1. The van der Waals surface area contributed by atoms with Crippen molar-refractivity contribution in [2.24, 2.45) is 0 Å². The van der Waals surface area contributed by atoms with Crippen LogP contribution in [0.25, 0.3) is 16.5 Å². The monoisotopic (exact) mass is 436 g/mol. The van der Waals surface area contributed by atoms with Crippen LogP contribution < -0.4 is 18.9 Å². The molecule has 1 heterocycles. The molecule has 0 aliphatic heterocycles. The van der Waals surface area contributed by atoms with Gasteiger partial charge in [0.1, 0.15) is 0 Å². The van der Waals surface area contributed by atoms with Crippen LogP contribution in [0.1, 0.15) is 27.9 Å². The first kappa shape index (κ1) is 21.0. The predicted molar refractivity (Wildman–Crippen MR) is 123 cm³/mol. The standard InChI is InChI=1S/C25H24O5S/c1-27-20-13-16-7-8-17(24(26)18(16)14-21(20)28-2)10-15-11-19(23-6-5-9-31-23)25(30-4)22(12-15)29-3/h5-6,9-14H,7-8H2,1-4H3/b17-10+. The molecule has 1 aliphatic rings. The number of carbonyl (C=O) groups excluding carboxylic acids is 1. The second-order valence-corrected chi connectivity index (χ2v) is 8.09. The molecule has 2 aromatic carbocycles. The summed E-state index contributed by atoms with van der Waals surface area (Å²) < 4.78 is 22.0. The summed E-state index contributed by atoms with van der Waals surface area (Å²) in [6.45, 7) is 0. The number of benzene rings is 2. The summed E-state index contributed by atoms with van der Waals surface area (Å²) in [5.41, 5.74) is 4.23. The van der Waals surface area contributed by atoms with E-state index in [-0.39, 0.29) is 5.78 Å². The Bertz CT molecular complexity index is 1150. The minimum Gasteiger partial charge on any atom is -0.493 e. The van der Waals surface area contributed by atoms with E-state index < -0.39 is 0 Å². The molecule has 0 bridgehead atoms. The van der Waals surface area contributed by atoms with Gasteiger partial charge >= 0.3 is 0 Å². The minimum atomic E-state index is 0.00895. The summed E-state index contributed by atoms with van der Waals surface area (Å²) in [6.07, 6.45) is 3.36. The van der Waals surface area contributed by atoms with E-state index in [4.69, 9.17) is 18.9 Å². The average Bonchev–Trinajstić information content (AvgIpc) is 3.34. The SMILES string of the molecule is COc1cc2c(cc1OC)C(=O)/C(=C/c1cc(OC)c(OC)c(-c3cccs3)c1)CC2. The third kappa shape index (κ3) is 3.91. The van der Waals surface area contributed by atoms with Crippen LogP contribution in [-0.2, 0) is 6.42 Å². The Kier molecular flexibility index (Phi) is 6.00. The highest BCUT2D eigenvalue weighted by Crippen LogP contribution is 2.42. The van der Waals surface area contributed by atoms with Gasteiger partial charge in [0.15, 0.2) is 28.8 Å². The number of hydrogen-bond acceptors (Lipinski definition) is 6. The van der Waals surface area contributed by atoms with Gasteiger partial charge in [-0.1, -0.05) is 6.07 Å². The molecule has 0 radical (unpaired) electrons. The van der Waals surface area contributed by atoms with Gasteiger partial charge in [-0.2, -0.15) is 0 Å². The van der Waals surface area contributed by atoms with Crippen LogP contribution in [0.4, 0.5) is 0 Å². The number of rotatable bonds is 6. The summed E-state index contributed by atoms with van der Waals surface area (Å²) >= 11 is 1.63. The second-order valence-electron chi connectivity index (χ2n) is 7.14. The Morgan fingerprint density at radius 3 is 2.23 bits per heavy atom. The number of thiophene rings is 1. The average molecular weight is 437 g/mol. The topological polar surface area (TPSA) is 54.0 Å². The van der Waals surface area contributed by atoms with Crippen molar-refractivity contribution in [2.45, 2.75) is 12.8 Å². The molecule has 0 atom stereocenters. The Morgan fingerprint density at radius 2 is 1.58 bits per heavy atom. The first-order chi connectivity index (χ1) is 15.1. The summed E-state index contributed by atoms with van der Waals surface area (Å²) in [6, 6.07) is 11.7. The quantitative estimate of drug-likeness (QED) is 0.467. The molecular formula is C25H24O5S. The largest absolute Gasteiger partial charge is 0.493 e. The maximum absolute atomic E-state index is 13.3. The van der Waals surface area contributed by atoms with Crippen molar-refractivity contribution in [3.8, 4) is 33.4 Å². The number of fused-ring (bicyclic) bond motifs is 1. The van der Waals surface area contributed by atoms with Crippen LogP contribution in [0.5, 0.6) is 23.0 Å². The highest BCUT2D eigenvalue weighted by Gasteiger charge is 2.25. The molecule has 3 aromatic rings. The van der Waals surface area contributed by atoms with Crippen LogP contribution >= 0.6 is 11.3 Å². The molecule has 0 spiro atoms. The van der Waals surface area contributed by atoms with Gasteiger partial charge in [-0.05, 0) is 65.8 Å². The van der Waals surface area contributed by atoms with Gasteiger partial charge < -0.3 is 18.9 Å². The molecule has 0 unspecified atom stereocenters. The fraction of sp³-hybridized carbons (Fsp3) is 0.240. The van der Waals surface area contributed by atoms with Crippen molar-refractivity contribution < 1.29 is 23.7 Å². The molecule has 0 fully saturated rings. The van der Waals surface area contributed by atoms with Crippen LogP contribution in [0, 0.1) is 0 Å². The minimum absolute atomic E-state index is 0.00895. The number of Topliss-reactive ketones (excluding diaryl/α,β-unsaturated/α-hetero) is 1. The Labute approximate surface area is 185 Å². The number of ether oxygens (including phenoxy) is 4. The lowest BCUT2D eigenvalue weighted by Crippen LogP contribution is -2.14. The highest BCUT2D eigenvalue weighted by atomic mass is 32.1. The van der Waals surface area contributed by atoms with Gasteiger partial charge in [0, 0.05) is 21.6 Å². The molecule has 31 heavy (non-hydrogen) atoms. The summed E-state index contributed by atoms with van der Waals surface area (Å²) in [5, 5.41) is 2.02. The number of hydrogen-bond donors (Lipinski definition) is 0. The molecule has 1 aromatic heterocycles. The molecule has 0 saturated heterocycles. The van der Waals surface area contributed by atoms with E-state index in [0.717, 1.165) is 33.6 Å². The zero-order chi connectivity index (χ0) is 22.0. The Balaban J connectivity index is 1.77. The zero-order valence-electron chi connectivity index (χ0n) is 18.0. The molecule has 0 N–H and O–H groups in total. The number of aryl methyl sites for hydroxylation is 1. The molecule has 1 aliphatic carbocycles. The molecule has 160 valence electrons. The second kappa shape index (κ2) is 8.86. The van der Waals surface area contributed by atoms with Crippen LogP contribution in [-0.4, -0.2) is 34.2 Å². The van der Waals surface area contributed by atoms with Gasteiger partial charge in [-0.25, -0.2) is 0 Å². The van der Waals surface area contributed by atoms with E-state index in [1.165, 1.54) is 0 Å². The summed E-state index contributed by atoms with van der Waals surface area (Å²) in [7, 11) is 6.43. The van der Waals surface area contributed by atoms with E-state index in [0.29, 0.717) is 35.0 Å². The van der Waals surface area contributed by atoms with E-state index in [9.17, 15) is 4.79 Å². The third-order valence-electron chi connectivity index (χ3n) is 5.44. The molecule has 0 amide bonds. The van der Waals surface area contributed by atoms with Crippen LogP contribution in [0.15, 0.2) is 47.4 Å². The van der Waals surface area contributed by atoms with Crippen LogP contribution in [0.3, 0.4) is 0 Å². The van der Waals surface area contributed by atoms with Gasteiger partial charge in [0.25, 0.3) is 0 Å². The lowest BCUT2D eigenvalue weighted by molar-refractivity contribution is 0.102. The number of methoxy groups -OCH3 is 4. The lowest BCUT2D eigenvalue weighted by Gasteiger charge is -2.20. The van der Waals surface area contributed by atoms with E-state index >= 15 is 0 Å². The maximum Gasteiger partial charge on any atom is 0.189 e. The van der Waals surface area contributed by atoms with Crippen molar-refractivity contribution in [1.82, 2.24) is 0 Å². The van der Waals surface area contributed by atoms with Crippen molar-refractivity contribution >= 4 is 23.2 Å². The molecule has 6 heteroatoms. The first-order valence-electron chi connectivity index (χ1n) is 9.89. The zero-order valence-corrected chi connectivity index (χ0v) is 18.8.